The molecule has 0 aromatic carbocycles. The van der Waals surface area contributed by atoms with Crippen LogP contribution in [0.5, 0.6) is 0 Å². The van der Waals surface area contributed by atoms with E-state index < -0.39 is 0 Å². The summed E-state index contributed by atoms with van der Waals surface area (Å²) in [6.45, 7) is 7.56. The predicted octanol–water partition coefficient (Wildman–Crippen LogP) is 2.29. The highest BCUT2D eigenvalue weighted by atomic mass is 16.6. The summed E-state index contributed by atoms with van der Waals surface area (Å²) < 4.78 is 10.6. The molecule has 2 aliphatic rings. The Bertz CT molecular complexity index is 418. The lowest BCUT2D eigenvalue weighted by atomic mass is 9.99. The molecular formula is C14H18O4. The third-order valence-corrected chi connectivity index (χ3v) is 3.44. The second kappa shape index (κ2) is 4.59. The number of hydrogen-bond acceptors (Lipinski definition) is 4. The standard InChI is InChI=1S/C14H18O4/c1-7(2)9-5-11(17-13(9)15)12-6-10(8(3)4)14(16)18-12/h11-12H,5-6H2,1-4H3/t11-,12-/m1/s1. The van der Waals surface area contributed by atoms with Crippen molar-refractivity contribution in [3.05, 3.63) is 22.3 Å². The van der Waals surface area contributed by atoms with E-state index in [4.69, 9.17) is 9.47 Å². The minimum atomic E-state index is -0.330. The minimum absolute atomic E-state index is 0.276. The Morgan fingerprint density at radius 1 is 0.833 bits per heavy atom. The number of esters is 2. The number of rotatable bonds is 1. The van der Waals surface area contributed by atoms with Crippen molar-refractivity contribution in [3.63, 3.8) is 0 Å². The second-order valence-corrected chi connectivity index (χ2v) is 5.25. The van der Waals surface area contributed by atoms with Gasteiger partial charge in [0.2, 0.25) is 0 Å². The summed E-state index contributed by atoms with van der Waals surface area (Å²) in [5.74, 6) is -0.552. The largest absolute Gasteiger partial charge is 0.455 e. The Morgan fingerprint density at radius 2 is 1.17 bits per heavy atom. The average molecular weight is 250 g/mol. The molecule has 2 saturated heterocycles. The first kappa shape index (κ1) is 12.9. The van der Waals surface area contributed by atoms with Gasteiger partial charge in [0.05, 0.1) is 0 Å². The maximum atomic E-state index is 11.6. The fourth-order valence-corrected chi connectivity index (χ4v) is 2.30. The normalized spacial score (nSPS) is 27.3. The van der Waals surface area contributed by atoms with Crippen LogP contribution in [0, 0.1) is 0 Å². The third-order valence-electron chi connectivity index (χ3n) is 3.44. The summed E-state index contributed by atoms with van der Waals surface area (Å²) in [7, 11) is 0. The topological polar surface area (TPSA) is 52.6 Å². The molecule has 4 nitrogen and oxygen atoms in total. The van der Waals surface area contributed by atoms with Crippen LogP contribution in [-0.2, 0) is 19.1 Å². The number of cyclic esters (lactones) is 2. The molecule has 0 bridgehead atoms. The van der Waals surface area contributed by atoms with Crippen LogP contribution >= 0.6 is 0 Å². The maximum Gasteiger partial charge on any atom is 0.334 e. The van der Waals surface area contributed by atoms with Gasteiger partial charge in [0, 0.05) is 24.0 Å². The number of hydrogen-bond donors (Lipinski definition) is 0. The molecule has 0 aromatic heterocycles. The summed E-state index contributed by atoms with van der Waals surface area (Å²) >= 11 is 0. The highest BCUT2D eigenvalue weighted by molar-refractivity contribution is 5.93. The Kier molecular flexibility index (Phi) is 3.28. The van der Waals surface area contributed by atoms with Crippen molar-refractivity contribution in [2.45, 2.75) is 52.7 Å². The number of carbonyl (C=O) groups excluding carboxylic acids is 2. The van der Waals surface area contributed by atoms with Gasteiger partial charge >= 0.3 is 11.9 Å². The zero-order valence-corrected chi connectivity index (χ0v) is 11.2. The van der Waals surface area contributed by atoms with Gasteiger partial charge in [-0.3, -0.25) is 0 Å². The van der Waals surface area contributed by atoms with Crippen LogP contribution in [0.3, 0.4) is 0 Å². The predicted molar refractivity (Wildman–Crippen MR) is 65.7 cm³/mol. The molecule has 0 radical (unpaired) electrons. The molecule has 98 valence electrons. The van der Waals surface area contributed by atoms with Crippen molar-refractivity contribution in [1.82, 2.24) is 0 Å². The molecule has 0 N–H and O–H groups in total. The summed E-state index contributed by atoms with van der Waals surface area (Å²) in [5, 5.41) is 0. The van der Waals surface area contributed by atoms with Gasteiger partial charge < -0.3 is 9.47 Å². The minimum Gasteiger partial charge on any atom is -0.455 e. The summed E-state index contributed by atoms with van der Waals surface area (Å²) in [6, 6.07) is 0. The van der Waals surface area contributed by atoms with E-state index in [0.29, 0.717) is 24.0 Å². The molecule has 0 aliphatic carbocycles. The van der Waals surface area contributed by atoms with E-state index in [1.54, 1.807) is 0 Å². The number of carbonyl (C=O) groups is 2. The lowest BCUT2D eigenvalue weighted by molar-refractivity contribution is -0.152. The summed E-state index contributed by atoms with van der Waals surface area (Å²) in [6.07, 6.45) is 0.413. The van der Waals surface area contributed by atoms with Gasteiger partial charge in [0.25, 0.3) is 0 Å². The highest BCUT2D eigenvalue weighted by Gasteiger charge is 2.42. The molecule has 2 atom stereocenters. The van der Waals surface area contributed by atoms with Crippen LogP contribution in [-0.4, -0.2) is 24.1 Å². The fourth-order valence-electron chi connectivity index (χ4n) is 2.30. The van der Waals surface area contributed by atoms with Gasteiger partial charge in [-0.25, -0.2) is 9.59 Å². The molecule has 0 saturated carbocycles. The van der Waals surface area contributed by atoms with E-state index >= 15 is 0 Å². The lowest BCUT2D eigenvalue weighted by Gasteiger charge is -2.14. The first-order valence-electron chi connectivity index (χ1n) is 6.14. The van der Waals surface area contributed by atoms with Crippen molar-refractivity contribution in [3.8, 4) is 0 Å². The van der Waals surface area contributed by atoms with Crippen molar-refractivity contribution in [2.24, 2.45) is 0 Å². The Hall–Kier alpha value is -1.58. The first-order valence-corrected chi connectivity index (χ1v) is 6.14. The molecule has 2 rings (SSSR count). The maximum absolute atomic E-state index is 11.6. The Morgan fingerprint density at radius 3 is 1.39 bits per heavy atom. The fraction of sp³-hybridized carbons (Fsp3) is 0.571. The smallest absolute Gasteiger partial charge is 0.334 e. The van der Waals surface area contributed by atoms with Crippen LogP contribution in [0.1, 0.15) is 40.5 Å². The zero-order valence-electron chi connectivity index (χ0n) is 11.2. The van der Waals surface area contributed by atoms with Gasteiger partial charge in [0.15, 0.2) is 0 Å². The molecular weight excluding hydrogens is 232 g/mol. The van der Waals surface area contributed by atoms with Crippen LogP contribution in [0.15, 0.2) is 22.3 Å². The lowest BCUT2D eigenvalue weighted by Crippen LogP contribution is -2.25. The number of allylic oxidation sites excluding steroid dienone is 2. The third kappa shape index (κ3) is 2.19. The molecule has 18 heavy (non-hydrogen) atoms. The van der Waals surface area contributed by atoms with Crippen molar-refractivity contribution in [1.29, 1.82) is 0 Å². The Balaban J connectivity index is 2.14. The van der Waals surface area contributed by atoms with Gasteiger partial charge in [-0.1, -0.05) is 11.1 Å². The van der Waals surface area contributed by atoms with Gasteiger partial charge in [0.1, 0.15) is 12.2 Å². The molecule has 4 heteroatoms. The first-order chi connectivity index (χ1) is 8.40. The van der Waals surface area contributed by atoms with Crippen LogP contribution in [0.4, 0.5) is 0 Å². The summed E-state index contributed by atoms with van der Waals surface area (Å²) in [4.78, 5) is 23.3. The summed E-state index contributed by atoms with van der Waals surface area (Å²) in [5.41, 5.74) is 3.35. The van der Waals surface area contributed by atoms with E-state index in [0.717, 1.165) is 11.1 Å². The molecule has 0 aromatic rings. The molecule has 2 heterocycles. The van der Waals surface area contributed by atoms with Crippen molar-refractivity contribution < 1.29 is 19.1 Å². The number of ether oxygens (including phenoxy) is 2. The molecule has 2 aliphatic heterocycles. The second-order valence-electron chi connectivity index (χ2n) is 5.25. The molecule has 0 unspecified atom stereocenters. The van der Waals surface area contributed by atoms with Crippen LogP contribution in [0.2, 0.25) is 0 Å². The highest BCUT2D eigenvalue weighted by Crippen LogP contribution is 2.33. The zero-order chi connectivity index (χ0) is 13.4. The van der Waals surface area contributed by atoms with Crippen LogP contribution in [0.25, 0.3) is 0 Å². The van der Waals surface area contributed by atoms with E-state index in [1.807, 2.05) is 27.7 Å². The molecule has 2 fully saturated rings. The van der Waals surface area contributed by atoms with E-state index in [9.17, 15) is 9.59 Å². The van der Waals surface area contributed by atoms with Gasteiger partial charge in [-0.15, -0.1) is 0 Å². The Labute approximate surface area is 107 Å². The van der Waals surface area contributed by atoms with Crippen molar-refractivity contribution in [2.75, 3.05) is 0 Å². The van der Waals surface area contributed by atoms with Crippen LogP contribution < -0.4 is 0 Å². The molecule has 0 spiro atoms. The van der Waals surface area contributed by atoms with E-state index in [2.05, 4.69) is 0 Å². The van der Waals surface area contributed by atoms with Crippen molar-refractivity contribution >= 4 is 11.9 Å². The SMILES string of the molecule is CC(C)=C1C[C@H]([C@H]2CC(=C(C)C)C(=O)O2)OC1=O. The molecule has 0 amide bonds. The van der Waals surface area contributed by atoms with Gasteiger partial charge in [-0.05, 0) is 27.7 Å². The monoisotopic (exact) mass is 250 g/mol. The van der Waals surface area contributed by atoms with Gasteiger partial charge in [-0.2, -0.15) is 0 Å². The average Bonchev–Trinajstić information content (AvgIpc) is 2.81. The van der Waals surface area contributed by atoms with E-state index in [1.165, 1.54) is 0 Å². The van der Waals surface area contributed by atoms with E-state index in [-0.39, 0.29) is 24.1 Å². The quantitative estimate of drug-likeness (QED) is 0.529.